The predicted molar refractivity (Wildman–Crippen MR) is 118 cm³/mol. The maximum atomic E-state index is 12.7. The number of methoxy groups -OCH3 is 2. The highest BCUT2D eigenvalue weighted by Gasteiger charge is 2.30. The summed E-state index contributed by atoms with van der Waals surface area (Å²) in [5.74, 6) is 0.252. The minimum absolute atomic E-state index is 0.209. The van der Waals surface area contributed by atoms with Gasteiger partial charge in [0, 0.05) is 17.8 Å². The van der Waals surface area contributed by atoms with E-state index in [0.717, 1.165) is 0 Å². The maximum absolute atomic E-state index is 12.7. The van der Waals surface area contributed by atoms with Gasteiger partial charge in [-0.3, -0.25) is 5.73 Å². The van der Waals surface area contributed by atoms with Crippen LogP contribution in [-0.4, -0.2) is 33.7 Å². The first-order valence-electron chi connectivity index (χ1n) is 9.36. The third-order valence-electron chi connectivity index (χ3n) is 4.71. The third-order valence-corrected chi connectivity index (χ3v) is 6.92. The van der Waals surface area contributed by atoms with Crippen LogP contribution in [0.5, 0.6) is 11.5 Å². The molecule has 0 bridgehead atoms. The summed E-state index contributed by atoms with van der Waals surface area (Å²) in [6.07, 6.45) is 3.34. The van der Waals surface area contributed by atoms with Crippen molar-refractivity contribution in [2.45, 2.75) is 29.8 Å². The number of amidine groups is 1. The largest absolute Gasteiger partial charge is 0.497 e. The third kappa shape index (κ3) is 4.27. The van der Waals surface area contributed by atoms with Crippen molar-refractivity contribution in [2.24, 2.45) is 10.7 Å². The van der Waals surface area contributed by atoms with Crippen LogP contribution in [0.2, 0.25) is 0 Å². The molecular formula is C21H26N4O4S. The van der Waals surface area contributed by atoms with Gasteiger partial charge in [0.1, 0.15) is 17.3 Å². The minimum Gasteiger partial charge on any atom is -0.497 e. The van der Waals surface area contributed by atoms with E-state index in [2.05, 4.69) is 15.6 Å². The average molecular weight is 431 g/mol. The summed E-state index contributed by atoms with van der Waals surface area (Å²) >= 11 is 0. The Kier molecular flexibility index (Phi) is 6.04. The van der Waals surface area contributed by atoms with E-state index in [9.17, 15) is 8.42 Å². The van der Waals surface area contributed by atoms with Crippen molar-refractivity contribution in [2.75, 3.05) is 19.5 Å². The zero-order valence-electron chi connectivity index (χ0n) is 17.3. The average Bonchev–Trinajstić information content (AvgIpc) is 2.73. The van der Waals surface area contributed by atoms with Crippen LogP contribution in [0, 0.1) is 0 Å². The van der Waals surface area contributed by atoms with Gasteiger partial charge in [-0.2, -0.15) is 0 Å². The van der Waals surface area contributed by atoms with Crippen LogP contribution in [0.15, 0.2) is 64.6 Å². The number of benzene rings is 2. The van der Waals surface area contributed by atoms with Gasteiger partial charge in [0.25, 0.3) is 0 Å². The predicted octanol–water partition coefficient (Wildman–Crippen LogP) is 2.58. The van der Waals surface area contributed by atoms with Crippen LogP contribution in [0.25, 0.3) is 0 Å². The molecule has 8 nitrogen and oxygen atoms in total. The van der Waals surface area contributed by atoms with Crippen LogP contribution >= 0.6 is 0 Å². The van der Waals surface area contributed by atoms with Crippen LogP contribution in [0.1, 0.15) is 19.4 Å². The Morgan fingerprint density at radius 2 is 1.73 bits per heavy atom. The van der Waals surface area contributed by atoms with E-state index < -0.39 is 20.9 Å². The zero-order valence-corrected chi connectivity index (χ0v) is 18.2. The molecule has 2 aromatic rings. The second kappa shape index (κ2) is 8.37. The number of nitrogens with zero attached hydrogens (tertiary/aromatic N) is 1. The molecule has 9 heteroatoms. The first kappa shape index (κ1) is 21.7. The van der Waals surface area contributed by atoms with E-state index in [1.165, 1.54) is 0 Å². The highest BCUT2D eigenvalue weighted by atomic mass is 32.2. The van der Waals surface area contributed by atoms with Gasteiger partial charge in [0.2, 0.25) is 5.79 Å². The Morgan fingerprint density at radius 3 is 2.33 bits per heavy atom. The standard InChI is InChI=1S/C21H26N4O4S/c1-14(2)30(26,27)19-8-6-5-7-18(19)24-20-9-10-23-21(22,25-20)15-11-16(28-3)13-17(12-15)29-4/h5-14,23H,22H2,1-4H3,(H,24,25). The van der Waals surface area contributed by atoms with Crippen LogP contribution in [0.3, 0.4) is 0 Å². The molecule has 1 heterocycles. The van der Waals surface area contributed by atoms with Crippen molar-refractivity contribution in [1.82, 2.24) is 5.32 Å². The first-order chi connectivity index (χ1) is 14.2. The monoisotopic (exact) mass is 430 g/mol. The van der Waals surface area contributed by atoms with Gasteiger partial charge >= 0.3 is 0 Å². The fraction of sp³-hybridized carbons (Fsp3) is 0.286. The number of aliphatic imine (C=N–C) groups is 1. The van der Waals surface area contributed by atoms with Gasteiger partial charge in [-0.25, -0.2) is 13.4 Å². The number of nitrogens with two attached hydrogens (primary N) is 1. The molecule has 3 rings (SSSR count). The number of hydrogen-bond donors (Lipinski definition) is 3. The first-order valence-corrected chi connectivity index (χ1v) is 10.9. The number of para-hydroxylation sites is 1. The van der Waals surface area contributed by atoms with E-state index >= 15 is 0 Å². The summed E-state index contributed by atoms with van der Waals surface area (Å²) in [6, 6.07) is 12.0. The molecule has 1 aliphatic heterocycles. The van der Waals surface area contributed by atoms with Crippen molar-refractivity contribution < 1.29 is 17.9 Å². The van der Waals surface area contributed by atoms with Crippen molar-refractivity contribution >= 4 is 21.4 Å². The number of sulfone groups is 1. The van der Waals surface area contributed by atoms with Crippen molar-refractivity contribution in [3.8, 4) is 11.5 Å². The molecular weight excluding hydrogens is 404 g/mol. The molecule has 0 saturated heterocycles. The van der Waals surface area contributed by atoms with E-state index in [4.69, 9.17) is 15.2 Å². The molecule has 160 valence electrons. The Labute approximate surface area is 176 Å². The topological polar surface area (TPSA) is 115 Å². The molecule has 0 spiro atoms. The molecule has 0 fully saturated rings. The zero-order chi connectivity index (χ0) is 21.9. The molecule has 1 unspecified atom stereocenters. The highest BCUT2D eigenvalue weighted by Crippen LogP contribution is 2.30. The normalized spacial score (nSPS) is 18.5. The number of anilines is 1. The quantitative estimate of drug-likeness (QED) is 0.645. The van der Waals surface area contributed by atoms with Gasteiger partial charge in [0.05, 0.1) is 30.1 Å². The molecule has 0 aromatic heterocycles. The Hall–Kier alpha value is -3.04. The lowest BCUT2D eigenvalue weighted by Crippen LogP contribution is -2.49. The van der Waals surface area contributed by atoms with Gasteiger partial charge < -0.3 is 20.1 Å². The van der Waals surface area contributed by atoms with Gasteiger partial charge in [-0.05, 0) is 44.2 Å². The molecule has 0 radical (unpaired) electrons. The van der Waals surface area contributed by atoms with E-state index in [0.29, 0.717) is 28.6 Å². The SMILES string of the molecule is COc1cc(OC)cc(C2(N)N=C(Nc3ccccc3S(=O)(=O)C(C)C)C=CN2)c1. The minimum atomic E-state index is -3.48. The van der Waals surface area contributed by atoms with Crippen molar-refractivity contribution in [3.63, 3.8) is 0 Å². The number of hydrogen-bond acceptors (Lipinski definition) is 8. The fourth-order valence-corrected chi connectivity index (χ4v) is 4.16. The summed E-state index contributed by atoms with van der Waals surface area (Å²) in [4.78, 5) is 4.79. The lowest BCUT2D eigenvalue weighted by Gasteiger charge is -2.30. The summed E-state index contributed by atoms with van der Waals surface area (Å²) < 4.78 is 36.1. The molecule has 4 N–H and O–H groups in total. The Balaban J connectivity index is 2.00. The van der Waals surface area contributed by atoms with Gasteiger partial charge in [-0.15, -0.1) is 0 Å². The molecule has 0 saturated carbocycles. The van der Waals surface area contributed by atoms with E-state index in [-0.39, 0.29) is 4.90 Å². The Bertz CT molecular complexity index is 1070. The maximum Gasteiger partial charge on any atom is 0.211 e. The summed E-state index contributed by atoms with van der Waals surface area (Å²) in [5, 5.41) is 5.58. The molecule has 0 aliphatic carbocycles. The smallest absolute Gasteiger partial charge is 0.211 e. The number of nitrogens with one attached hydrogen (secondary N) is 2. The molecule has 30 heavy (non-hydrogen) atoms. The van der Waals surface area contributed by atoms with Crippen LogP contribution in [-0.2, 0) is 15.6 Å². The van der Waals surface area contributed by atoms with E-state index in [1.807, 2.05) is 0 Å². The lowest BCUT2D eigenvalue weighted by atomic mass is 10.1. The molecule has 1 atom stereocenters. The van der Waals surface area contributed by atoms with Crippen LogP contribution in [0.4, 0.5) is 5.69 Å². The van der Waals surface area contributed by atoms with E-state index in [1.54, 1.807) is 82.8 Å². The Morgan fingerprint density at radius 1 is 1.10 bits per heavy atom. The van der Waals surface area contributed by atoms with Crippen LogP contribution < -0.4 is 25.8 Å². The highest BCUT2D eigenvalue weighted by molar-refractivity contribution is 7.92. The number of ether oxygens (including phenoxy) is 2. The molecule has 2 aromatic carbocycles. The fourth-order valence-electron chi connectivity index (χ4n) is 2.96. The van der Waals surface area contributed by atoms with Gasteiger partial charge in [0.15, 0.2) is 9.84 Å². The second-order valence-electron chi connectivity index (χ2n) is 7.06. The summed E-state index contributed by atoms with van der Waals surface area (Å²) in [7, 11) is -0.371. The van der Waals surface area contributed by atoms with Gasteiger partial charge in [-0.1, -0.05) is 12.1 Å². The van der Waals surface area contributed by atoms with Crippen molar-refractivity contribution in [3.05, 3.63) is 60.3 Å². The summed E-state index contributed by atoms with van der Waals surface area (Å²) in [6.45, 7) is 3.30. The second-order valence-corrected chi connectivity index (χ2v) is 9.53. The number of rotatable bonds is 6. The van der Waals surface area contributed by atoms with Crippen molar-refractivity contribution in [1.29, 1.82) is 0 Å². The lowest BCUT2D eigenvalue weighted by molar-refractivity contribution is 0.377. The summed E-state index contributed by atoms with van der Waals surface area (Å²) in [5.41, 5.74) is 7.57. The molecule has 1 aliphatic rings. The molecule has 0 amide bonds.